The Balaban J connectivity index is 1.84. The van der Waals surface area contributed by atoms with Gasteiger partial charge in [-0.3, -0.25) is 4.79 Å². The summed E-state index contributed by atoms with van der Waals surface area (Å²) in [6, 6.07) is 9.23. The second-order valence-electron chi connectivity index (χ2n) is 7.06. The van der Waals surface area contributed by atoms with Gasteiger partial charge >= 0.3 is 5.97 Å². The summed E-state index contributed by atoms with van der Waals surface area (Å²) in [5, 5.41) is 30.7. The van der Waals surface area contributed by atoms with Gasteiger partial charge in [0.1, 0.15) is 18.5 Å². The van der Waals surface area contributed by atoms with Crippen molar-refractivity contribution in [1.82, 2.24) is 0 Å². The van der Waals surface area contributed by atoms with Crippen LogP contribution < -0.4 is 4.74 Å². The van der Waals surface area contributed by atoms with Crippen LogP contribution in [0, 0.1) is 11.8 Å². The highest BCUT2D eigenvalue weighted by molar-refractivity contribution is 5.70. The maximum atomic E-state index is 11.0. The van der Waals surface area contributed by atoms with Gasteiger partial charge in [0.2, 0.25) is 0 Å². The predicted octanol–water partition coefficient (Wildman–Crippen LogP) is 2.41. The SMILES string of the molecule is COC(=O)C/C=C/C=C\CC1C(O)CC(O)[C@@H]1/C=C/[C@@H](O)COc1ccccc1. The van der Waals surface area contributed by atoms with Gasteiger partial charge in [0.05, 0.1) is 25.7 Å². The molecule has 3 unspecified atom stereocenters. The number of allylic oxidation sites excluding steroid dienone is 3. The number of benzene rings is 1. The number of hydrogen-bond acceptors (Lipinski definition) is 6. The summed E-state index contributed by atoms with van der Waals surface area (Å²) in [5.41, 5.74) is 0. The molecule has 0 amide bonds. The number of aliphatic hydroxyl groups is 3. The number of methoxy groups -OCH3 is 1. The Kier molecular flexibility index (Phi) is 9.64. The number of carbonyl (C=O) groups is 1. The van der Waals surface area contributed by atoms with Crippen LogP contribution >= 0.6 is 0 Å². The Morgan fingerprint density at radius 2 is 1.90 bits per heavy atom. The molecule has 0 spiro atoms. The first-order valence-corrected chi connectivity index (χ1v) is 9.80. The molecule has 5 atom stereocenters. The van der Waals surface area contributed by atoms with Gasteiger partial charge in [-0.1, -0.05) is 54.7 Å². The maximum absolute atomic E-state index is 11.0. The fourth-order valence-electron chi connectivity index (χ4n) is 3.36. The molecule has 1 aromatic carbocycles. The number of para-hydroxylation sites is 1. The van der Waals surface area contributed by atoms with Crippen molar-refractivity contribution in [3.63, 3.8) is 0 Å². The van der Waals surface area contributed by atoms with Gasteiger partial charge in [-0.25, -0.2) is 0 Å². The summed E-state index contributed by atoms with van der Waals surface area (Å²) in [6.07, 6.45) is 9.56. The molecule has 0 aromatic heterocycles. The van der Waals surface area contributed by atoms with Crippen LogP contribution in [-0.4, -0.2) is 53.3 Å². The van der Waals surface area contributed by atoms with Crippen molar-refractivity contribution in [2.45, 2.75) is 37.6 Å². The van der Waals surface area contributed by atoms with Crippen LogP contribution in [0.2, 0.25) is 0 Å². The fraction of sp³-hybridized carbons (Fsp3) is 0.435. The second-order valence-corrected chi connectivity index (χ2v) is 7.06. The van der Waals surface area contributed by atoms with Gasteiger partial charge in [0, 0.05) is 12.3 Å². The van der Waals surface area contributed by atoms with Crippen LogP contribution in [0.15, 0.2) is 66.8 Å². The lowest BCUT2D eigenvalue weighted by Gasteiger charge is -2.19. The molecule has 0 saturated heterocycles. The summed E-state index contributed by atoms with van der Waals surface area (Å²) < 4.78 is 10.1. The predicted molar refractivity (Wildman–Crippen MR) is 110 cm³/mol. The lowest BCUT2D eigenvalue weighted by molar-refractivity contribution is -0.139. The average Bonchev–Trinajstić information content (AvgIpc) is 3.00. The van der Waals surface area contributed by atoms with Crippen LogP contribution in [-0.2, 0) is 9.53 Å². The van der Waals surface area contributed by atoms with E-state index in [4.69, 9.17) is 4.74 Å². The zero-order valence-corrected chi connectivity index (χ0v) is 16.6. The van der Waals surface area contributed by atoms with E-state index in [1.54, 1.807) is 24.3 Å². The molecule has 0 radical (unpaired) electrons. The van der Waals surface area contributed by atoms with E-state index in [2.05, 4.69) is 4.74 Å². The zero-order valence-electron chi connectivity index (χ0n) is 16.6. The molecule has 6 heteroatoms. The van der Waals surface area contributed by atoms with Crippen molar-refractivity contribution in [1.29, 1.82) is 0 Å². The molecule has 0 bridgehead atoms. The minimum absolute atomic E-state index is 0.113. The number of esters is 1. The third-order valence-corrected chi connectivity index (χ3v) is 4.94. The van der Waals surface area contributed by atoms with Gasteiger partial charge in [0.25, 0.3) is 0 Å². The zero-order chi connectivity index (χ0) is 21.1. The first-order chi connectivity index (χ1) is 14.0. The van der Waals surface area contributed by atoms with Crippen LogP contribution in [0.5, 0.6) is 5.75 Å². The number of ether oxygens (including phenoxy) is 2. The molecule has 1 fully saturated rings. The van der Waals surface area contributed by atoms with Crippen molar-refractivity contribution >= 4 is 5.97 Å². The van der Waals surface area contributed by atoms with Gasteiger partial charge in [-0.2, -0.15) is 0 Å². The molecule has 0 aliphatic heterocycles. The van der Waals surface area contributed by atoms with E-state index in [-0.39, 0.29) is 30.8 Å². The lowest BCUT2D eigenvalue weighted by atomic mass is 9.90. The summed E-state index contributed by atoms with van der Waals surface area (Å²) in [6.45, 7) is 0.113. The smallest absolute Gasteiger partial charge is 0.309 e. The molecule has 158 valence electrons. The minimum Gasteiger partial charge on any atom is -0.491 e. The van der Waals surface area contributed by atoms with E-state index < -0.39 is 18.3 Å². The van der Waals surface area contributed by atoms with Crippen LogP contribution in [0.4, 0.5) is 0 Å². The maximum Gasteiger partial charge on any atom is 0.309 e. The molecule has 1 aliphatic rings. The van der Waals surface area contributed by atoms with Crippen molar-refractivity contribution < 1.29 is 29.6 Å². The Bertz CT molecular complexity index is 697. The molecule has 1 aliphatic carbocycles. The minimum atomic E-state index is -0.808. The Morgan fingerprint density at radius 3 is 2.62 bits per heavy atom. The molecular weight excluding hydrogens is 372 g/mol. The first kappa shape index (κ1) is 22.9. The van der Waals surface area contributed by atoms with Crippen molar-refractivity contribution in [3.8, 4) is 5.75 Å². The number of carbonyl (C=O) groups excluding carboxylic acids is 1. The van der Waals surface area contributed by atoms with Gasteiger partial charge in [0.15, 0.2) is 0 Å². The largest absolute Gasteiger partial charge is 0.491 e. The highest BCUT2D eigenvalue weighted by Gasteiger charge is 2.39. The molecule has 1 saturated carbocycles. The van der Waals surface area contributed by atoms with Crippen LogP contribution in [0.3, 0.4) is 0 Å². The normalized spacial score (nSPS) is 25.8. The molecular formula is C23H30O6. The number of aliphatic hydroxyl groups excluding tert-OH is 3. The molecule has 1 aromatic rings. The fourth-order valence-corrected chi connectivity index (χ4v) is 3.36. The van der Waals surface area contributed by atoms with Gasteiger partial charge in [-0.05, 0) is 24.5 Å². The van der Waals surface area contributed by atoms with Gasteiger partial charge in [-0.15, -0.1) is 0 Å². The highest BCUT2D eigenvalue weighted by atomic mass is 16.5. The van der Waals surface area contributed by atoms with E-state index in [9.17, 15) is 20.1 Å². The van der Waals surface area contributed by atoms with Crippen LogP contribution in [0.1, 0.15) is 19.3 Å². The molecule has 2 rings (SSSR count). The third kappa shape index (κ3) is 7.85. The average molecular weight is 402 g/mol. The van der Waals surface area contributed by atoms with E-state index in [1.165, 1.54) is 7.11 Å². The Hall–Kier alpha value is -2.41. The molecule has 0 heterocycles. The lowest BCUT2D eigenvalue weighted by Crippen LogP contribution is -2.21. The molecule has 3 N–H and O–H groups in total. The van der Waals surface area contributed by atoms with E-state index >= 15 is 0 Å². The van der Waals surface area contributed by atoms with E-state index in [0.29, 0.717) is 18.6 Å². The quantitative estimate of drug-likeness (QED) is 0.316. The number of rotatable bonds is 10. The molecule has 29 heavy (non-hydrogen) atoms. The Labute approximate surface area is 171 Å². The van der Waals surface area contributed by atoms with Crippen molar-refractivity contribution in [2.75, 3.05) is 13.7 Å². The third-order valence-electron chi connectivity index (χ3n) is 4.94. The van der Waals surface area contributed by atoms with E-state index in [0.717, 1.165) is 0 Å². The summed E-state index contributed by atoms with van der Waals surface area (Å²) in [7, 11) is 1.34. The van der Waals surface area contributed by atoms with Crippen LogP contribution in [0.25, 0.3) is 0 Å². The first-order valence-electron chi connectivity index (χ1n) is 9.80. The highest BCUT2D eigenvalue weighted by Crippen LogP contribution is 2.36. The van der Waals surface area contributed by atoms with Gasteiger partial charge < -0.3 is 24.8 Å². The topological polar surface area (TPSA) is 96.2 Å². The summed E-state index contributed by atoms with van der Waals surface area (Å²) in [5.74, 6) is -0.0163. The van der Waals surface area contributed by atoms with Crippen molar-refractivity contribution in [3.05, 3.63) is 66.8 Å². The monoisotopic (exact) mass is 402 g/mol. The summed E-state index contributed by atoms with van der Waals surface area (Å²) in [4.78, 5) is 11.0. The summed E-state index contributed by atoms with van der Waals surface area (Å²) >= 11 is 0. The van der Waals surface area contributed by atoms with E-state index in [1.807, 2.05) is 42.5 Å². The van der Waals surface area contributed by atoms with Crippen molar-refractivity contribution in [2.24, 2.45) is 11.8 Å². The standard InChI is InChI=1S/C23H30O6/c1-28-23(27)12-8-3-2-7-11-19-20(22(26)15-21(19)25)14-13-17(24)16-29-18-9-5-4-6-10-18/h2-10,13-14,17,19-22,24-26H,11-12,15-16H2,1H3/b7-2-,8-3+,14-13+/t17-,19?,20-,21?,22?/m1/s1. The second kappa shape index (κ2) is 12.2. The number of hydrogen-bond donors (Lipinski definition) is 3. The Morgan fingerprint density at radius 1 is 1.17 bits per heavy atom. The molecule has 6 nitrogen and oxygen atoms in total.